The lowest BCUT2D eigenvalue weighted by atomic mass is 10.2. The molecule has 96 valence electrons. The number of aromatic carboxylic acids is 1. The number of phenols is 1. The van der Waals surface area contributed by atoms with Crippen LogP contribution in [0.25, 0.3) is 0 Å². The van der Waals surface area contributed by atoms with E-state index in [4.69, 9.17) is 5.11 Å². The minimum Gasteiger partial charge on any atom is -0.506 e. The Hall–Kier alpha value is -2.89. The molecular formula is C13H10N2O4. The van der Waals surface area contributed by atoms with Gasteiger partial charge in [-0.15, -0.1) is 0 Å². The highest BCUT2D eigenvalue weighted by atomic mass is 16.4. The molecule has 0 spiro atoms. The maximum atomic E-state index is 11.8. The van der Waals surface area contributed by atoms with Gasteiger partial charge in [-0.25, -0.2) is 4.79 Å². The summed E-state index contributed by atoms with van der Waals surface area (Å²) in [7, 11) is 0. The molecule has 0 saturated carbocycles. The molecule has 0 fully saturated rings. The fourth-order valence-corrected chi connectivity index (χ4v) is 1.45. The zero-order valence-corrected chi connectivity index (χ0v) is 9.70. The molecule has 1 aromatic heterocycles. The van der Waals surface area contributed by atoms with Crippen molar-refractivity contribution in [1.82, 2.24) is 4.98 Å². The van der Waals surface area contributed by atoms with E-state index in [2.05, 4.69) is 10.3 Å². The van der Waals surface area contributed by atoms with Crippen molar-refractivity contribution in [2.45, 2.75) is 0 Å². The van der Waals surface area contributed by atoms with E-state index in [1.165, 1.54) is 24.4 Å². The maximum absolute atomic E-state index is 11.8. The number of benzene rings is 1. The summed E-state index contributed by atoms with van der Waals surface area (Å²) in [5, 5.41) is 20.8. The first kappa shape index (κ1) is 12.6. The van der Waals surface area contributed by atoms with E-state index in [-0.39, 0.29) is 22.7 Å². The number of pyridine rings is 1. The lowest BCUT2D eigenvalue weighted by molar-refractivity contribution is 0.0696. The second-order valence-electron chi connectivity index (χ2n) is 3.71. The van der Waals surface area contributed by atoms with Crippen molar-refractivity contribution >= 4 is 17.6 Å². The molecule has 19 heavy (non-hydrogen) atoms. The average Bonchev–Trinajstić information content (AvgIpc) is 2.41. The van der Waals surface area contributed by atoms with Gasteiger partial charge < -0.3 is 15.5 Å². The number of carboxylic acid groups (broad SMARTS) is 1. The number of hydrogen-bond acceptors (Lipinski definition) is 4. The van der Waals surface area contributed by atoms with E-state index < -0.39 is 11.9 Å². The summed E-state index contributed by atoms with van der Waals surface area (Å²) in [5.74, 6) is -1.96. The van der Waals surface area contributed by atoms with Crippen LogP contribution in [-0.2, 0) is 0 Å². The summed E-state index contributed by atoms with van der Waals surface area (Å²) in [4.78, 5) is 26.3. The molecule has 0 aliphatic rings. The van der Waals surface area contributed by atoms with Crippen LogP contribution in [0.5, 0.6) is 5.75 Å². The highest BCUT2D eigenvalue weighted by Crippen LogP contribution is 2.24. The van der Waals surface area contributed by atoms with Gasteiger partial charge in [-0.3, -0.25) is 9.78 Å². The first-order valence-electron chi connectivity index (χ1n) is 5.36. The zero-order chi connectivity index (χ0) is 13.8. The Kier molecular flexibility index (Phi) is 3.42. The molecule has 1 amide bonds. The van der Waals surface area contributed by atoms with Crippen molar-refractivity contribution in [3.63, 3.8) is 0 Å². The van der Waals surface area contributed by atoms with E-state index in [1.807, 2.05) is 0 Å². The van der Waals surface area contributed by atoms with Crippen LogP contribution in [0, 0.1) is 0 Å². The Labute approximate surface area is 108 Å². The van der Waals surface area contributed by atoms with Gasteiger partial charge in [0, 0.05) is 6.20 Å². The number of hydrogen-bond donors (Lipinski definition) is 3. The van der Waals surface area contributed by atoms with Gasteiger partial charge in [-0.2, -0.15) is 0 Å². The molecule has 0 radical (unpaired) electrons. The van der Waals surface area contributed by atoms with Crippen molar-refractivity contribution < 1.29 is 19.8 Å². The van der Waals surface area contributed by atoms with E-state index in [1.54, 1.807) is 12.1 Å². The number of carbonyl (C=O) groups is 2. The number of anilines is 1. The number of aromatic nitrogens is 1. The van der Waals surface area contributed by atoms with Crippen LogP contribution < -0.4 is 5.32 Å². The highest BCUT2D eigenvalue weighted by molar-refractivity contribution is 6.04. The van der Waals surface area contributed by atoms with Crippen LogP contribution in [-0.4, -0.2) is 27.1 Å². The average molecular weight is 258 g/mol. The summed E-state index contributed by atoms with van der Waals surface area (Å²) in [5.41, 5.74) is 0.262. The van der Waals surface area contributed by atoms with Crippen LogP contribution in [0.4, 0.5) is 5.69 Å². The largest absolute Gasteiger partial charge is 0.506 e. The molecule has 1 aromatic carbocycles. The van der Waals surface area contributed by atoms with E-state index >= 15 is 0 Å². The number of rotatable bonds is 3. The second-order valence-corrected chi connectivity index (χ2v) is 3.71. The molecule has 3 N–H and O–H groups in total. The molecule has 6 nitrogen and oxygen atoms in total. The van der Waals surface area contributed by atoms with Crippen LogP contribution >= 0.6 is 0 Å². The number of nitrogens with one attached hydrogen (secondary N) is 1. The third-order valence-electron chi connectivity index (χ3n) is 2.39. The van der Waals surface area contributed by atoms with Gasteiger partial charge in [0.15, 0.2) is 0 Å². The highest BCUT2D eigenvalue weighted by Gasteiger charge is 2.11. The number of carbonyl (C=O) groups excluding carboxylic acids is 1. The van der Waals surface area contributed by atoms with E-state index in [9.17, 15) is 14.7 Å². The van der Waals surface area contributed by atoms with Gasteiger partial charge in [0.25, 0.3) is 5.91 Å². The first-order valence-corrected chi connectivity index (χ1v) is 5.36. The molecule has 2 rings (SSSR count). The van der Waals surface area contributed by atoms with Gasteiger partial charge in [-0.05, 0) is 30.3 Å². The lowest BCUT2D eigenvalue weighted by Crippen LogP contribution is -2.13. The predicted molar refractivity (Wildman–Crippen MR) is 67.3 cm³/mol. The molecule has 0 unspecified atom stereocenters. The minimum atomic E-state index is -1.15. The minimum absolute atomic E-state index is 0.0617. The molecule has 0 bridgehead atoms. The first-order chi connectivity index (χ1) is 9.08. The molecule has 1 heterocycles. The number of phenolic OH excluding ortho intramolecular Hbond substituents is 1. The predicted octanol–water partition coefficient (Wildman–Crippen LogP) is 1.74. The standard InChI is InChI=1S/C13H10N2O4/c16-11-7-8(13(18)19)4-5-9(11)15-12(17)10-3-1-2-6-14-10/h1-7,16H,(H,15,17)(H,18,19). The lowest BCUT2D eigenvalue weighted by Gasteiger charge is -2.07. The Morgan fingerprint density at radius 3 is 2.53 bits per heavy atom. The van der Waals surface area contributed by atoms with Crippen molar-refractivity contribution in [3.05, 3.63) is 53.9 Å². The smallest absolute Gasteiger partial charge is 0.335 e. The molecule has 2 aromatic rings. The maximum Gasteiger partial charge on any atom is 0.335 e. The molecular weight excluding hydrogens is 248 g/mol. The fraction of sp³-hybridized carbons (Fsp3) is 0. The van der Waals surface area contributed by atoms with Crippen molar-refractivity contribution in [2.75, 3.05) is 5.32 Å². The summed E-state index contributed by atoms with van der Waals surface area (Å²) in [6, 6.07) is 8.54. The van der Waals surface area contributed by atoms with Crippen LogP contribution in [0.2, 0.25) is 0 Å². The molecule has 6 heteroatoms. The molecule has 0 aliphatic heterocycles. The number of nitrogens with zero attached hydrogens (tertiary/aromatic N) is 1. The van der Waals surface area contributed by atoms with Crippen molar-refractivity contribution in [3.8, 4) is 5.75 Å². The topological polar surface area (TPSA) is 99.5 Å². The molecule has 0 saturated heterocycles. The van der Waals surface area contributed by atoms with Crippen molar-refractivity contribution in [2.24, 2.45) is 0 Å². The number of aromatic hydroxyl groups is 1. The van der Waals surface area contributed by atoms with Crippen LogP contribution in [0.3, 0.4) is 0 Å². The van der Waals surface area contributed by atoms with Crippen molar-refractivity contribution in [1.29, 1.82) is 0 Å². The van der Waals surface area contributed by atoms with Gasteiger partial charge in [0.1, 0.15) is 11.4 Å². The Morgan fingerprint density at radius 2 is 1.95 bits per heavy atom. The quantitative estimate of drug-likeness (QED) is 0.728. The second kappa shape index (κ2) is 5.18. The Morgan fingerprint density at radius 1 is 1.16 bits per heavy atom. The normalized spacial score (nSPS) is 9.89. The molecule has 0 aliphatic carbocycles. The van der Waals surface area contributed by atoms with Crippen LogP contribution in [0.15, 0.2) is 42.6 Å². The SMILES string of the molecule is O=C(O)c1ccc(NC(=O)c2ccccn2)c(O)c1. The fourth-order valence-electron chi connectivity index (χ4n) is 1.45. The van der Waals surface area contributed by atoms with Gasteiger partial charge >= 0.3 is 5.97 Å². The van der Waals surface area contributed by atoms with Gasteiger partial charge in [-0.1, -0.05) is 6.07 Å². The Bertz CT molecular complexity index is 626. The zero-order valence-electron chi connectivity index (χ0n) is 9.70. The summed E-state index contributed by atoms with van der Waals surface area (Å²) in [6.45, 7) is 0. The monoisotopic (exact) mass is 258 g/mol. The van der Waals surface area contributed by atoms with E-state index in [0.29, 0.717) is 0 Å². The van der Waals surface area contributed by atoms with Gasteiger partial charge in [0.05, 0.1) is 11.3 Å². The number of amides is 1. The molecule has 0 atom stereocenters. The third kappa shape index (κ3) is 2.86. The van der Waals surface area contributed by atoms with Crippen LogP contribution in [0.1, 0.15) is 20.8 Å². The summed E-state index contributed by atoms with van der Waals surface area (Å²) >= 11 is 0. The summed E-state index contributed by atoms with van der Waals surface area (Å²) < 4.78 is 0. The van der Waals surface area contributed by atoms with E-state index in [0.717, 1.165) is 6.07 Å². The van der Waals surface area contributed by atoms with Gasteiger partial charge in [0.2, 0.25) is 0 Å². The Balaban J connectivity index is 2.20. The third-order valence-corrected chi connectivity index (χ3v) is 2.39. The summed E-state index contributed by atoms with van der Waals surface area (Å²) in [6.07, 6.45) is 1.47. The number of carboxylic acids is 1.